The monoisotopic (exact) mass is 461 g/mol. The summed E-state index contributed by atoms with van der Waals surface area (Å²) >= 11 is 0. The van der Waals surface area contributed by atoms with Gasteiger partial charge in [-0.2, -0.15) is 0 Å². The molecule has 8 heteroatoms. The highest BCUT2D eigenvalue weighted by atomic mass is 16.4. The summed E-state index contributed by atoms with van der Waals surface area (Å²) < 4.78 is 0. The van der Waals surface area contributed by atoms with E-state index in [-0.39, 0.29) is 37.1 Å². The molecule has 2 aromatic rings. The first-order valence-electron chi connectivity index (χ1n) is 11.6. The molecule has 8 nitrogen and oxygen atoms in total. The summed E-state index contributed by atoms with van der Waals surface area (Å²) in [6.45, 7) is 4.04. The van der Waals surface area contributed by atoms with E-state index in [1.807, 2.05) is 56.3 Å². The Labute approximate surface area is 197 Å². The Balaban J connectivity index is 1.55. The zero-order valence-corrected chi connectivity index (χ0v) is 19.1. The van der Waals surface area contributed by atoms with Gasteiger partial charge >= 0.3 is 5.97 Å². The van der Waals surface area contributed by atoms with Gasteiger partial charge in [0.05, 0.1) is 11.8 Å². The average Bonchev–Trinajstić information content (AvgIpc) is 3.37. The fourth-order valence-electron chi connectivity index (χ4n) is 5.95. The quantitative estimate of drug-likeness (QED) is 0.568. The van der Waals surface area contributed by atoms with Crippen LogP contribution in [0.15, 0.2) is 42.5 Å². The largest absolute Gasteiger partial charge is 0.481 e. The van der Waals surface area contributed by atoms with E-state index < -0.39 is 29.4 Å². The maximum absolute atomic E-state index is 13.8. The van der Waals surface area contributed by atoms with Gasteiger partial charge in [-0.15, -0.1) is 0 Å². The van der Waals surface area contributed by atoms with Gasteiger partial charge in [-0.25, -0.2) is 0 Å². The molecule has 34 heavy (non-hydrogen) atoms. The molecule has 2 aromatic carbocycles. The van der Waals surface area contributed by atoms with E-state index in [1.54, 1.807) is 0 Å². The summed E-state index contributed by atoms with van der Waals surface area (Å²) in [4.78, 5) is 53.4. The number of nitrogens with zero attached hydrogens (tertiary/aromatic N) is 1. The molecule has 0 aromatic heterocycles. The van der Waals surface area contributed by atoms with Gasteiger partial charge in [-0.3, -0.25) is 29.4 Å². The molecule has 3 heterocycles. The van der Waals surface area contributed by atoms with Crippen molar-refractivity contribution >= 4 is 29.4 Å². The van der Waals surface area contributed by atoms with Crippen LogP contribution < -0.4 is 10.6 Å². The van der Waals surface area contributed by atoms with E-state index in [0.29, 0.717) is 17.7 Å². The minimum Gasteiger partial charge on any atom is -0.481 e. The van der Waals surface area contributed by atoms with E-state index in [0.717, 1.165) is 16.7 Å². The number of imide groups is 1. The Morgan fingerprint density at radius 1 is 1.09 bits per heavy atom. The molecule has 1 spiro atoms. The number of aliphatic carboxylic acids is 1. The lowest BCUT2D eigenvalue weighted by Crippen LogP contribution is -2.53. The third-order valence-corrected chi connectivity index (χ3v) is 7.39. The van der Waals surface area contributed by atoms with Gasteiger partial charge < -0.3 is 10.4 Å². The van der Waals surface area contributed by atoms with Crippen molar-refractivity contribution in [3.05, 3.63) is 64.7 Å². The van der Waals surface area contributed by atoms with Crippen molar-refractivity contribution in [2.24, 2.45) is 11.8 Å². The predicted octanol–water partition coefficient (Wildman–Crippen LogP) is 2.13. The van der Waals surface area contributed by atoms with Crippen LogP contribution >= 0.6 is 0 Å². The molecule has 2 saturated heterocycles. The fourth-order valence-corrected chi connectivity index (χ4v) is 5.95. The zero-order valence-electron chi connectivity index (χ0n) is 19.1. The van der Waals surface area contributed by atoms with Crippen LogP contribution in [-0.4, -0.2) is 46.3 Å². The second-order valence-corrected chi connectivity index (χ2v) is 9.52. The molecule has 0 radical (unpaired) electrons. The Kier molecular flexibility index (Phi) is 5.28. The standard InChI is InChI=1S/C26H27N3O5/c1-14-12-15(2)22-17(13-14)26(25(34)27-22)21-20(18(28-26)8-9-19(30)31)23(32)29(24(21)33)11-10-16-6-4-3-5-7-16/h3-7,12-13,18,20-21,28H,8-11H2,1-2H3,(H,27,34)(H,30,31)/t18-,20+,21-,26+/m0/s1. The number of amides is 3. The number of likely N-dealkylation sites (tertiary alicyclic amines) is 1. The van der Waals surface area contributed by atoms with Crippen LogP contribution in [0.5, 0.6) is 0 Å². The summed E-state index contributed by atoms with van der Waals surface area (Å²) in [5.41, 5.74) is 2.75. The number of rotatable bonds is 6. The normalized spacial score (nSPS) is 27.3. The van der Waals surface area contributed by atoms with Gasteiger partial charge in [-0.1, -0.05) is 48.0 Å². The summed E-state index contributed by atoms with van der Waals surface area (Å²) in [6, 6.07) is 12.8. The van der Waals surface area contributed by atoms with Crippen LogP contribution in [0.3, 0.4) is 0 Å². The summed E-state index contributed by atoms with van der Waals surface area (Å²) in [7, 11) is 0. The first-order valence-corrected chi connectivity index (χ1v) is 11.6. The second-order valence-electron chi connectivity index (χ2n) is 9.52. The lowest BCUT2D eigenvalue weighted by atomic mass is 9.75. The summed E-state index contributed by atoms with van der Waals surface area (Å²) in [6.07, 6.45) is 0.500. The van der Waals surface area contributed by atoms with Crippen LogP contribution in [0, 0.1) is 25.7 Å². The maximum atomic E-state index is 13.8. The third-order valence-electron chi connectivity index (χ3n) is 7.39. The van der Waals surface area contributed by atoms with E-state index in [9.17, 15) is 24.3 Å². The van der Waals surface area contributed by atoms with Crippen LogP contribution in [0.2, 0.25) is 0 Å². The number of hydrogen-bond donors (Lipinski definition) is 3. The van der Waals surface area contributed by atoms with E-state index in [1.165, 1.54) is 4.90 Å². The molecular formula is C26H27N3O5. The van der Waals surface area contributed by atoms with Gasteiger partial charge in [-0.05, 0) is 37.8 Å². The molecule has 3 aliphatic rings. The second kappa shape index (κ2) is 8.06. The van der Waals surface area contributed by atoms with Gasteiger partial charge in [0, 0.05) is 30.3 Å². The molecule has 3 aliphatic heterocycles. The van der Waals surface area contributed by atoms with Crippen molar-refractivity contribution in [2.75, 3.05) is 11.9 Å². The molecule has 3 N–H and O–H groups in total. The summed E-state index contributed by atoms with van der Waals surface area (Å²) in [5, 5.41) is 15.5. The minimum atomic E-state index is -1.39. The van der Waals surface area contributed by atoms with Crippen molar-refractivity contribution in [3.63, 3.8) is 0 Å². The number of fused-ring (bicyclic) bond motifs is 4. The van der Waals surface area contributed by atoms with Crippen molar-refractivity contribution in [2.45, 2.75) is 44.7 Å². The number of anilines is 1. The van der Waals surface area contributed by atoms with Crippen molar-refractivity contribution in [1.82, 2.24) is 10.2 Å². The van der Waals surface area contributed by atoms with E-state index in [2.05, 4.69) is 10.6 Å². The number of carboxylic acids is 1. The molecule has 0 saturated carbocycles. The topological polar surface area (TPSA) is 116 Å². The lowest BCUT2D eigenvalue weighted by molar-refractivity contribution is -0.143. The van der Waals surface area contributed by atoms with Crippen LogP contribution in [0.25, 0.3) is 0 Å². The van der Waals surface area contributed by atoms with Crippen molar-refractivity contribution in [1.29, 1.82) is 0 Å². The molecule has 0 unspecified atom stereocenters. The average molecular weight is 462 g/mol. The highest BCUT2D eigenvalue weighted by molar-refractivity contribution is 6.15. The Hall–Kier alpha value is -3.52. The van der Waals surface area contributed by atoms with E-state index >= 15 is 0 Å². The van der Waals surface area contributed by atoms with E-state index in [4.69, 9.17) is 0 Å². The molecule has 0 aliphatic carbocycles. The van der Waals surface area contributed by atoms with Crippen LogP contribution in [0.1, 0.15) is 35.1 Å². The first-order chi connectivity index (χ1) is 16.2. The molecular weight excluding hydrogens is 434 g/mol. The van der Waals surface area contributed by atoms with Gasteiger partial charge in [0.15, 0.2) is 0 Å². The number of carbonyl (C=O) groups is 4. The third kappa shape index (κ3) is 3.24. The lowest BCUT2D eigenvalue weighted by Gasteiger charge is -2.30. The Morgan fingerprint density at radius 2 is 1.82 bits per heavy atom. The molecule has 3 amide bonds. The van der Waals surface area contributed by atoms with Gasteiger partial charge in [0.25, 0.3) is 0 Å². The van der Waals surface area contributed by atoms with Gasteiger partial charge in [0.1, 0.15) is 5.54 Å². The fraction of sp³-hybridized carbons (Fsp3) is 0.385. The number of carboxylic acid groups (broad SMARTS) is 1. The SMILES string of the molecule is Cc1cc(C)c2c(c1)[C@]1(N[C@@H](CCC(=O)O)[C@H]3C(=O)N(CCc4ccccc4)C(=O)[C@H]31)C(=O)N2. The molecule has 4 atom stereocenters. The highest BCUT2D eigenvalue weighted by Crippen LogP contribution is 2.54. The summed E-state index contributed by atoms with van der Waals surface area (Å²) in [5.74, 6) is -3.78. The highest BCUT2D eigenvalue weighted by Gasteiger charge is 2.70. The van der Waals surface area contributed by atoms with Gasteiger partial charge in [0.2, 0.25) is 17.7 Å². The molecule has 0 bridgehead atoms. The Bertz CT molecular complexity index is 1210. The smallest absolute Gasteiger partial charge is 0.303 e. The molecule has 2 fully saturated rings. The number of carbonyl (C=O) groups excluding carboxylic acids is 3. The number of benzene rings is 2. The number of nitrogens with one attached hydrogen (secondary N) is 2. The van der Waals surface area contributed by atoms with Crippen molar-refractivity contribution < 1.29 is 24.3 Å². The number of hydrogen-bond acceptors (Lipinski definition) is 5. The minimum absolute atomic E-state index is 0.150. The maximum Gasteiger partial charge on any atom is 0.303 e. The molecule has 5 rings (SSSR count). The number of aryl methyl sites for hydroxylation is 2. The zero-order chi connectivity index (χ0) is 24.2. The first kappa shape index (κ1) is 22.3. The Morgan fingerprint density at radius 3 is 2.53 bits per heavy atom. The van der Waals surface area contributed by atoms with Crippen LogP contribution in [-0.2, 0) is 31.1 Å². The molecule has 176 valence electrons. The van der Waals surface area contributed by atoms with Crippen molar-refractivity contribution in [3.8, 4) is 0 Å². The van der Waals surface area contributed by atoms with Crippen LogP contribution in [0.4, 0.5) is 5.69 Å². The predicted molar refractivity (Wildman–Crippen MR) is 124 cm³/mol.